The standard InChI is InChI=1S/C13H18N4O3/c1-16(8-9-3-2-4-9)13(18)11-7-10(17(19)20)5-6-12(11)15-14/h5-7,9,15H,2-4,8,14H2,1H3. The van der Waals surface area contributed by atoms with Crippen LogP contribution in [0.25, 0.3) is 0 Å². The molecule has 0 atom stereocenters. The molecule has 0 aliphatic heterocycles. The number of hydrazine groups is 1. The number of carbonyl (C=O) groups excluding carboxylic acids is 1. The molecule has 20 heavy (non-hydrogen) atoms. The van der Waals surface area contributed by atoms with Crippen molar-refractivity contribution in [3.63, 3.8) is 0 Å². The van der Waals surface area contributed by atoms with Crippen molar-refractivity contribution in [3.8, 4) is 0 Å². The van der Waals surface area contributed by atoms with Crippen LogP contribution in [0.5, 0.6) is 0 Å². The summed E-state index contributed by atoms with van der Waals surface area (Å²) in [5.41, 5.74) is 2.90. The van der Waals surface area contributed by atoms with Gasteiger partial charge in [0.25, 0.3) is 11.6 Å². The van der Waals surface area contributed by atoms with Gasteiger partial charge in [-0.1, -0.05) is 6.42 Å². The van der Waals surface area contributed by atoms with E-state index in [0.29, 0.717) is 18.2 Å². The van der Waals surface area contributed by atoms with Crippen molar-refractivity contribution in [2.45, 2.75) is 19.3 Å². The van der Waals surface area contributed by atoms with Crippen LogP contribution in [0, 0.1) is 16.0 Å². The lowest BCUT2D eigenvalue weighted by Gasteiger charge is -2.30. The minimum atomic E-state index is -0.525. The molecule has 1 aliphatic rings. The second kappa shape index (κ2) is 5.87. The van der Waals surface area contributed by atoms with Crippen LogP contribution in [-0.2, 0) is 0 Å². The number of anilines is 1. The Hall–Kier alpha value is -2.15. The van der Waals surface area contributed by atoms with Crippen LogP contribution in [-0.4, -0.2) is 29.3 Å². The zero-order chi connectivity index (χ0) is 14.7. The number of benzene rings is 1. The molecule has 7 heteroatoms. The summed E-state index contributed by atoms with van der Waals surface area (Å²) in [5, 5.41) is 10.8. The van der Waals surface area contributed by atoms with Gasteiger partial charge < -0.3 is 10.3 Å². The maximum atomic E-state index is 12.4. The zero-order valence-corrected chi connectivity index (χ0v) is 11.3. The molecule has 0 radical (unpaired) electrons. The summed E-state index contributed by atoms with van der Waals surface area (Å²) in [4.78, 5) is 24.3. The molecule has 1 fully saturated rings. The Kier molecular flexibility index (Phi) is 4.19. The van der Waals surface area contributed by atoms with Gasteiger partial charge in [0, 0.05) is 25.7 Å². The van der Waals surface area contributed by atoms with Gasteiger partial charge in [0.05, 0.1) is 16.2 Å². The van der Waals surface area contributed by atoms with Crippen LogP contribution in [0.15, 0.2) is 18.2 Å². The smallest absolute Gasteiger partial charge is 0.270 e. The van der Waals surface area contributed by atoms with E-state index < -0.39 is 4.92 Å². The van der Waals surface area contributed by atoms with E-state index in [4.69, 9.17) is 5.84 Å². The van der Waals surface area contributed by atoms with E-state index >= 15 is 0 Å². The van der Waals surface area contributed by atoms with Crippen LogP contribution >= 0.6 is 0 Å². The first kappa shape index (κ1) is 14.3. The van der Waals surface area contributed by atoms with Gasteiger partial charge in [0.1, 0.15) is 0 Å². The molecular weight excluding hydrogens is 260 g/mol. The van der Waals surface area contributed by atoms with Crippen molar-refractivity contribution in [1.29, 1.82) is 0 Å². The van der Waals surface area contributed by atoms with Crippen LogP contribution in [0.2, 0.25) is 0 Å². The highest BCUT2D eigenvalue weighted by atomic mass is 16.6. The number of nitrogens with one attached hydrogen (secondary N) is 1. The quantitative estimate of drug-likeness (QED) is 0.485. The molecular formula is C13H18N4O3. The van der Waals surface area contributed by atoms with Crippen molar-refractivity contribution in [2.24, 2.45) is 11.8 Å². The Bertz CT molecular complexity index is 528. The number of nitrogens with zero attached hydrogens (tertiary/aromatic N) is 2. The minimum absolute atomic E-state index is 0.121. The summed E-state index contributed by atoms with van der Waals surface area (Å²) in [6.45, 7) is 0.672. The first-order chi connectivity index (χ1) is 9.52. The van der Waals surface area contributed by atoms with Gasteiger partial charge in [-0.25, -0.2) is 0 Å². The maximum absolute atomic E-state index is 12.4. The fourth-order valence-electron chi connectivity index (χ4n) is 2.30. The number of hydrogen-bond donors (Lipinski definition) is 2. The van der Waals surface area contributed by atoms with Gasteiger partial charge in [-0.2, -0.15) is 0 Å². The molecule has 0 spiro atoms. The van der Waals surface area contributed by atoms with Gasteiger partial charge in [0.15, 0.2) is 0 Å². The molecule has 1 aromatic rings. The Balaban J connectivity index is 2.21. The minimum Gasteiger partial charge on any atom is -0.341 e. The molecule has 3 N–H and O–H groups in total. The summed E-state index contributed by atoms with van der Waals surface area (Å²) in [6, 6.07) is 4.02. The summed E-state index contributed by atoms with van der Waals surface area (Å²) < 4.78 is 0. The molecule has 0 unspecified atom stereocenters. The summed E-state index contributed by atoms with van der Waals surface area (Å²) >= 11 is 0. The number of nitro benzene ring substituents is 1. The van der Waals surface area contributed by atoms with E-state index in [2.05, 4.69) is 5.43 Å². The molecule has 0 aromatic heterocycles. The number of carbonyl (C=O) groups is 1. The zero-order valence-electron chi connectivity index (χ0n) is 11.3. The largest absolute Gasteiger partial charge is 0.341 e. The second-order valence-corrected chi connectivity index (χ2v) is 5.11. The molecule has 0 bridgehead atoms. The number of nitrogen functional groups attached to an aromatic ring is 1. The third-order valence-corrected chi connectivity index (χ3v) is 3.70. The number of nitrogens with two attached hydrogens (primary N) is 1. The molecule has 0 heterocycles. The fraction of sp³-hybridized carbons (Fsp3) is 0.462. The Morgan fingerprint density at radius 2 is 2.25 bits per heavy atom. The highest BCUT2D eigenvalue weighted by molar-refractivity contribution is 6.00. The fourth-order valence-corrected chi connectivity index (χ4v) is 2.30. The Labute approximate surface area is 116 Å². The topological polar surface area (TPSA) is 102 Å². The van der Waals surface area contributed by atoms with Gasteiger partial charge in [-0.3, -0.25) is 20.8 Å². The van der Waals surface area contributed by atoms with Crippen LogP contribution in [0.1, 0.15) is 29.6 Å². The van der Waals surface area contributed by atoms with Gasteiger partial charge in [0.2, 0.25) is 0 Å². The predicted octanol–water partition coefficient (Wildman–Crippen LogP) is 1.75. The van der Waals surface area contributed by atoms with Gasteiger partial charge in [-0.15, -0.1) is 0 Å². The van der Waals surface area contributed by atoms with Gasteiger partial charge in [-0.05, 0) is 24.8 Å². The maximum Gasteiger partial charge on any atom is 0.270 e. The molecule has 1 aliphatic carbocycles. The van der Waals surface area contributed by atoms with Crippen molar-refractivity contribution >= 4 is 17.3 Å². The Morgan fingerprint density at radius 1 is 1.55 bits per heavy atom. The molecule has 1 aromatic carbocycles. The predicted molar refractivity (Wildman–Crippen MR) is 75.2 cm³/mol. The first-order valence-electron chi connectivity index (χ1n) is 6.53. The van der Waals surface area contributed by atoms with Crippen molar-refractivity contribution in [3.05, 3.63) is 33.9 Å². The number of non-ortho nitro benzene ring substituents is 1. The summed E-state index contributed by atoms with van der Waals surface area (Å²) in [5.74, 6) is 5.65. The van der Waals surface area contributed by atoms with E-state index in [1.807, 2.05) is 0 Å². The van der Waals surface area contributed by atoms with E-state index in [-0.39, 0.29) is 17.2 Å². The lowest BCUT2D eigenvalue weighted by molar-refractivity contribution is -0.384. The normalized spacial score (nSPS) is 14.5. The average Bonchev–Trinajstić information content (AvgIpc) is 2.40. The number of hydrogen-bond acceptors (Lipinski definition) is 5. The third-order valence-electron chi connectivity index (χ3n) is 3.70. The highest BCUT2D eigenvalue weighted by Gasteiger charge is 2.24. The second-order valence-electron chi connectivity index (χ2n) is 5.11. The average molecular weight is 278 g/mol. The SMILES string of the molecule is CN(CC1CCC1)C(=O)c1cc([N+](=O)[O-])ccc1NN. The highest BCUT2D eigenvalue weighted by Crippen LogP contribution is 2.28. The molecule has 2 rings (SSSR count). The van der Waals surface area contributed by atoms with E-state index in [1.54, 1.807) is 11.9 Å². The lowest BCUT2D eigenvalue weighted by Crippen LogP contribution is -2.34. The van der Waals surface area contributed by atoms with Crippen molar-refractivity contribution in [2.75, 3.05) is 19.0 Å². The molecule has 0 saturated heterocycles. The van der Waals surface area contributed by atoms with E-state index in [1.165, 1.54) is 24.6 Å². The first-order valence-corrected chi connectivity index (χ1v) is 6.53. The third kappa shape index (κ3) is 2.88. The number of rotatable bonds is 5. The van der Waals surface area contributed by atoms with E-state index in [0.717, 1.165) is 12.8 Å². The summed E-state index contributed by atoms with van der Waals surface area (Å²) in [6.07, 6.45) is 3.47. The summed E-state index contributed by atoms with van der Waals surface area (Å²) in [7, 11) is 1.71. The number of amides is 1. The molecule has 1 amide bonds. The molecule has 108 valence electrons. The molecule has 1 saturated carbocycles. The van der Waals surface area contributed by atoms with Crippen LogP contribution in [0.4, 0.5) is 11.4 Å². The Morgan fingerprint density at radius 3 is 2.75 bits per heavy atom. The van der Waals surface area contributed by atoms with Crippen LogP contribution in [0.3, 0.4) is 0 Å². The van der Waals surface area contributed by atoms with Gasteiger partial charge >= 0.3 is 0 Å². The van der Waals surface area contributed by atoms with E-state index in [9.17, 15) is 14.9 Å². The molecule has 7 nitrogen and oxygen atoms in total. The number of nitro groups is 1. The van der Waals surface area contributed by atoms with Crippen LogP contribution < -0.4 is 11.3 Å². The van der Waals surface area contributed by atoms with Crippen molar-refractivity contribution < 1.29 is 9.72 Å². The lowest BCUT2D eigenvalue weighted by atomic mass is 9.85. The monoisotopic (exact) mass is 278 g/mol. The van der Waals surface area contributed by atoms with Crippen molar-refractivity contribution in [1.82, 2.24) is 4.90 Å².